The Morgan fingerprint density at radius 1 is 1.29 bits per heavy atom. The van der Waals surface area contributed by atoms with Crippen molar-refractivity contribution in [3.05, 3.63) is 47.2 Å². The second-order valence-electron chi connectivity index (χ2n) is 4.34. The number of carboxylic acids is 1. The summed E-state index contributed by atoms with van der Waals surface area (Å²) in [6.07, 6.45) is 1.94. The Hall–Kier alpha value is -1.30. The van der Waals surface area contributed by atoms with Gasteiger partial charge in [-0.2, -0.15) is 0 Å². The molecule has 1 aromatic carbocycles. The summed E-state index contributed by atoms with van der Waals surface area (Å²) < 4.78 is 4.52. The Bertz CT molecular complexity index is 514. The van der Waals surface area contributed by atoms with Crippen LogP contribution in [-0.2, 0) is 27.2 Å². The molecule has 0 aliphatic rings. The van der Waals surface area contributed by atoms with Crippen LogP contribution in [0.15, 0.2) is 36.0 Å². The molecule has 108 valence electrons. The van der Waals surface area contributed by atoms with E-state index in [9.17, 15) is 14.7 Å². The number of nitrogens with one attached hydrogen (secondary N) is 1. The fraction of sp³-hybridized carbons (Fsp3) is 0.333. The van der Waals surface area contributed by atoms with Gasteiger partial charge in [-0.1, -0.05) is 24.3 Å². The number of hydrogen-bond donors (Lipinski definition) is 1. The van der Waals surface area contributed by atoms with Crippen LogP contribution in [0.3, 0.4) is 0 Å². The maximum absolute atomic E-state index is 11.0. The topological polar surface area (TPSA) is 78.5 Å². The first-order valence-electron chi connectivity index (χ1n) is 6.29. The molecule has 0 unspecified atom stereocenters. The zero-order valence-corrected chi connectivity index (χ0v) is 14.6. The number of aliphatic carboxylic acids is 1. The van der Waals surface area contributed by atoms with E-state index < -0.39 is 11.9 Å². The van der Waals surface area contributed by atoms with Crippen molar-refractivity contribution in [3.8, 4) is 0 Å². The molecule has 6 heteroatoms. The number of ether oxygens (including phenoxy) is 1. The Morgan fingerprint density at radius 2 is 1.90 bits per heavy atom. The predicted molar refractivity (Wildman–Crippen MR) is 72.6 cm³/mol. The summed E-state index contributed by atoms with van der Waals surface area (Å²) in [5.41, 5.74) is 2.41. The van der Waals surface area contributed by atoms with Gasteiger partial charge in [-0.3, -0.25) is 0 Å². The standard InChI is InChI=1S/C15H19NO4.Na/c1-11(9-15(19)20-2)16-8-7-12-5-3-4-6-13(12)10-14(17)18;/h3-6,9,16H,7-8,10H2,1-2H3,(H,17,18);/q;+1/p-1. The number of carbonyl (C=O) groups excluding carboxylic acids is 2. The largest absolute Gasteiger partial charge is 1.00 e. The quantitative estimate of drug-likeness (QED) is 0.334. The van der Waals surface area contributed by atoms with Crippen LogP contribution in [0, 0.1) is 0 Å². The Morgan fingerprint density at radius 3 is 2.48 bits per heavy atom. The van der Waals surface area contributed by atoms with Crippen molar-refractivity contribution in [2.24, 2.45) is 0 Å². The summed E-state index contributed by atoms with van der Waals surface area (Å²) in [4.78, 5) is 21.7. The maximum Gasteiger partial charge on any atom is 1.00 e. The first kappa shape index (κ1) is 19.7. The average Bonchev–Trinajstić information content (AvgIpc) is 2.40. The van der Waals surface area contributed by atoms with Crippen LogP contribution < -0.4 is 40.0 Å². The van der Waals surface area contributed by atoms with Crippen LogP contribution >= 0.6 is 0 Å². The van der Waals surface area contributed by atoms with Gasteiger partial charge in [0.15, 0.2) is 0 Å². The van der Waals surface area contributed by atoms with E-state index in [4.69, 9.17) is 0 Å². The van der Waals surface area contributed by atoms with E-state index in [2.05, 4.69) is 10.1 Å². The average molecular weight is 299 g/mol. The van der Waals surface area contributed by atoms with E-state index >= 15 is 0 Å². The molecule has 0 radical (unpaired) electrons. The van der Waals surface area contributed by atoms with Gasteiger partial charge in [0.1, 0.15) is 0 Å². The number of rotatable bonds is 7. The molecular weight excluding hydrogens is 281 g/mol. The molecule has 0 saturated carbocycles. The van der Waals surface area contributed by atoms with Crippen LogP contribution in [0.5, 0.6) is 0 Å². The first-order chi connectivity index (χ1) is 9.52. The zero-order valence-electron chi connectivity index (χ0n) is 12.6. The van der Waals surface area contributed by atoms with Gasteiger partial charge in [-0.05, 0) is 24.5 Å². The van der Waals surface area contributed by atoms with Crippen molar-refractivity contribution in [2.45, 2.75) is 19.8 Å². The molecule has 0 spiro atoms. The molecule has 0 saturated heterocycles. The van der Waals surface area contributed by atoms with Crippen molar-refractivity contribution >= 4 is 11.9 Å². The maximum atomic E-state index is 11.0. The minimum Gasteiger partial charge on any atom is -0.550 e. The molecular formula is C15H18NNaO4. The second-order valence-corrected chi connectivity index (χ2v) is 4.34. The van der Waals surface area contributed by atoms with E-state index in [1.807, 2.05) is 12.1 Å². The third-order valence-corrected chi connectivity index (χ3v) is 2.79. The van der Waals surface area contributed by atoms with E-state index in [0.717, 1.165) is 11.1 Å². The van der Waals surface area contributed by atoms with E-state index in [1.165, 1.54) is 13.2 Å². The molecule has 0 aliphatic carbocycles. The van der Waals surface area contributed by atoms with Crippen LogP contribution in [-0.4, -0.2) is 25.6 Å². The number of methoxy groups -OCH3 is 1. The second kappa shape index (κ2) is 10.4. The molecule has 1 aromatic rings. The van der Waals surface area contributed by atoms with Gasteiger partial charge < -0.3 is 20.0 Å². The third-order valence-electron chi connectivity index (χ3n) is 2.79. The van der Waals surface area contributed by atoms with E-state index in [0.29, 0.717) is 18.7 Å². The molecule has 0 amide bonds. The number of carbonyl (C=O) groups is 2. The predicted octanol–water partition coefficient (Wildman–Crippen LogP) is -2.81. The monoisotopic (exact) mass is 299 g/mol. The Balaban J connectivity index is 0.00000400. The number of carboxylic acid groups (broad SMARTS) is 1. The summed E-state index contributed by atoms with van der Waals surface area (Å²) in [6.45, 7) is 2.37. The summed E-state index contributed by atoms with van der Waals surface area (Å²) in [6, 6.07) is 7.34. The number of benzene rings is 1. The number of hydrogen-bond acceptors (Lipinski definition) is 5. The molecule has 1 N–H and O–H groups in total. The normalized spacial score (nSPS) is 10.5. The van der Waals surface area contributed by atoms with Crippen molar-refractivity contribution in [1.82, 2.24) is 5.32 Å². The number of allylic oxidation sites excluding steroid dienone is 1. The summed E-state index contributed by atoms with van der Waals surface area (Å²) in [5, 5.41) is 13.7. The molecule has 0 aliphatic heterocycles. The van der Waals surface area contributed by atoms with Gasteiger partial charge in [0.2, 0.25) is 0 Å². The van der Waals surface area contributed by atoms with Gasteiger partial charge in [0, 0.05) is 30.7 Å². The molecule has 5 nitrogen and oxygen atoms in total. The summed E-state index contributed by atoms with van der Waals surface area (Å²) in [5.74, 6) is -1.50. The van der Waals surface area contributed by atoms with Crippen molar-refractivity contribution in [1.29, 1.82) is 0 Å². The minimum atomic E-state index is -1.09. The van der Waals surface area contributed by atoms with Crippen molar-refractivity contribution in [3.63, 3.8) is 0 Å². The molecule has 0 atom stereocenters. The van der Waals surface area contributed by atoms with Crippen molar-refractivity contribution < 1.29 is 49.0 Å². The van der Waals surface area contributed by atoms with Gasteiger partial charge in [0.25, 0.3) is 0 Å². The van der Waals surface area contributed by atoms with E-state index in [1.54, 1.807) is 19.1 Å². The minimum absolute atomic E-state index is 0. The first-order valence-corrected chi connectivity index (χ1v) is 6.29. The Labute approximate surface area is 146 Å². The summed E-state index contributed by atoms with van der Waals surface area (Å²) >= 11 is 0. The van der Waals surface area contributed by atoms with E-state index in [-0.39, 0.29) is 36.0 Å². The fourth-order valence-corrected chi connectivity index (χ4v) is 1.81. The molecule has 21 heavy (non-hydrogen) atoms. The van der Waals surface area contributed by atoms with Crippen LogP contribution in [0.4, 0.5) is 0 Å². The van der Waals surface area contributed by atoms with Crippen LogP contribution in [0.1, 0.15) is 18.1 Å². The molecule has 0 fully saturated rings. The number of esters is 1. The van der Waals surface area contributed by atoms with Gasteiger partial charge in [-0.25, -0.2) is 4.79 Å². The molecule has 1 rings (SSSR count). The molecule has 0 heterocycles. The Kier molecular flexibility index (Phi) is 9.78. The smallest absolute Gasteiger partial charge is 0.550 e. The third kappa shape index (κ3) is 7.90. The van der Waals surface area contributed by atoms with Gasteiger partial charge in [0.05, 0.1) is 7.11 Å². The summed E-state index contributed by atoms with van der Waals surface area (Å²) in [7, 11) is 1.32. The van der Waals surface area contributed by atoms with Crippen LogP contribution in [0.25, 0.3) is 0 Å². The zero-order chi connectivity index (χ0) is 15.0. The SMILES string of the molecule is COC(=O)C=C(C)NCCc1ccccc1CC(=O)[O-].[Na+]. The molecule has 0 aromatic heterocycles. The fourth-order valence-electron chi connectivity index (χ4n) is 1.81. The van der Waals surface area contributed by atoms with Crippen molar-refractivity contribution in [2.75, 3.05) is 13.7 Å². The van der Waals surface area contributed by atoms with Crippen LogP contribution in [0.2, 0.25) is 0 Å². The molecule has 0 bridgehead atoms. The van der Waals surface area contributed by atoms with Gasteiger partial charge >= 0.3 is 35.5 Å². The van der Waals surface area contributed by atoms with Gasteiger partial charge in [-0.15, -0.1) is 0 Å².